The van der Waals surface area contributed by atoms with Crippen LogP contribution >= 0.6 is 11.6 Å². The summed E-state index contributed by atoms with van der Waals surface area (Å²) >= 11 is 5.56. The largest absolute Gasteiger partial charge is 0.305 e. The number of rotatable bonds is 9. The van der Waals surface area contributed by atoms with Gasteiger partial charge in [-0.1, -0.05) is 13.3 Å². The molecule has 0 atom stereocenters. The molecular weight excluding hydrogens is 234 g/mol. The maximum Gasteiger partial charge on any atom is 0.151 e. The first-order valence-corrected chi connectivity index (χ1v) is 7.82. The van der Waals surface area contributed by atoms with E-state index in [-0.39, 0.29) is 11.5 Å². The summed E-state index contributed by atoms with van der Waals surface area (Å²) in [6.07, 6.45) is 3.26. The molecule has 0 spiro atoms. The molecular formula is C10H22ClNO2S. The summed E-state index contributed by atoms with van der Waals surface area (Å²) in [5.74, 6) is 1.23. The van der Waals surface area contributed by atoms with Crippen LogP contribution in [0.2, 0.25) is 0 Å². The first-order chi connectivity index (χ1) is 7.02. The van der Waals surface area contributed by atoms with E-state index < -0.39 is 9.84 Å². The van der Waals surface area contributed by atoms with Crippen molar-refractivity contribution in [2.24, 2.45) is 0 Å². The first-order valence-electron chi connectivity index (χ1n) is 5.46. The van der Waals surface area contributed by atoms with E-state index in [0.29, 0.717) is 12.4 Å². The van der Waals surface area contributed by atoms with Crippen molar-refractivity contribution in [1.82, 2.24) is 4.90 Å². The number of hydrogen-bond acceptors (Lipinski definition) is 3. The smallest absolute Gasteiger partial charge is 0.151 e. The molecule has 0 radical (unpaired) electrons. The lowest BCUT2D eigenvalue weighted by Crippen LogP contribution is -2.27. The molecule has 0 aromatic rings. The molecule has 5 heteroatoms. The van der Waals surface area contributed by atoms with Gasteiger partial charge in [-0.2, -0.15) is 0 Å². The van der Waals surface area contributed by atoms with Gasteiger partial charge < -0.3 is 4.90 Å². The summed E-state index contributed by atoms with van der Waals surface area (Å²) in [5, 5.41) is 0. The van der Waals surface area contributed by atoms with E-state index in [4.69, 9.17) is 11.6 Å². The Morgan fingerprint density at radius 1 is 1.13 bits per heavy atom. The third-order valence-corrected chi connectivity index (χ3v) is 4.35. The molecule has 0 unspecified atom stereocenters. The van der Waals surface area contributed by atoms with Gasteiger partial charge in [0.2, 0.25) is 0 Å². The van der Waals surface area contributed by atoms with Crippen LogP contribution in [0.3, 0.4) is 0 Å². The lowest BCUT2D eigenvalue weighted by Gasteiger charge is -2.15. The topological polar surface area (TPSA) is 37.4 Å². The van der Waals surface area contributed by atoms with Crippen LogP contribution in [0.25, 0.3) is 0 Å². The Balaban J connectivity index is 3.53. The monoisotopic (exact) mass is 255 g/mol. The minimum Gasteiger partial charge on any atom is -0.305 e. The van der Waals surface area contributed by atoms with Gasteiger partial charge >= 0.3 is 0 Å². The van der Waals surface area contributed by atoms with E-state index in [2.05, 4.69) is 4.90 Å². The van der Waals surface area contributed by atoms with Crippen molar-refractivity contribution in [2.75, 3.05) is 37.5 Å². The van der Waals surface area contributed by atoms with Gasteiger partial charge in [-0.3, -0.25) is 0 Å². The van der Waals surface area contributed by atoms with Crippen LogP contribution in [0.5, 0.6) is 0 Å². The second-order valence-electron chi connectivity index (χ2n) is 3.79. The Morgan fingerprint density at radius 3 is 2.33 bits per heavy atom. The fourth-order valence-corrected chi connectivity index (χ4v) is 2.27. The van der Waals surface area contributed by atoms with Crippen LogP contribution in [-0.4, -0.2) is 50.8 Å². The second-order valence-corrected chi connectivity index (χ2v) is 6.64. The maximum absolute atomic E-state index is 11.2. The molecule has 0 aromatic carbocycles. The average molecular weight is 256 g/mol. The van der Waals surface area contributed by atoms with Gasteiger partial charge in [0.1, 0.15) is 0 Å². The van der Waals surface area contributed by atoms with Gasteiger partial charge in [-0.25, -0.2) is 8.42 Å². The van der Waals surface area contributed by atoms with E-state index >= 15 is 0 Å². The van der Waals surface area contributed by atoms with Crippen molar-refractivity contribution in [1.29, 1.82) is 0 Å². The van der Waals surface area contributed by atoms with Crippen molar-refractivity contribution in [3.8, 4) is 0 Å². The minimum atomic E-state index is -2.81. The number of nitrogens with zero attached hydrogens (tertiary/aromatic N) is 1. The zero-order valence-electron chi connectivity index (χ0n) is 9.71. The van der Waals surface area contributed by atoms with Crippen LogP contribution in [0, 0.1) is 0 Å². The summed E-state index contributed by atoms with van der Waals surface area (Å²) in [6, 6.07) is 0. The SMILES string of the molecule is CCS(=O)(=O)CCN(C)CCCCCCl. The molecule has 0 aromatic heterocycles. The number of sulfone groups is 1. The molecule has 0 bridgehead atoms. The van der Waals surface area contributed by atoms with Crippen LogP contribution in [0.4, 0.5) is 0 Å². The predicted octanol–water partition coefficient (Wildman–Crippen LogP) is 1.76. The van der Waals surface area contributed by atoms with Gasteiger partial charge in [-0.05, 0) is 26.4 Å². The molecule has 0 amide bonds. The molecule has 92 valence electrons. The highest BCUT2D eigenvalue weighted by molar-refractivity contribution is 7.91. The van der Waals surface area contributed by atoms with E-state index in [0.717, 1.165) is 25.8 Å². The van der Waals surface area contributed by atoms with Gasteiger partial charge in [0, 0.05) is 18.2 Å². The van der Waals surface area contributed by atoms with Crippen LogP contribution in [0.15, 0.2) is 0 Å². The van der Waals surface area contributed by atoms with Crippen molar-refractivity contribution < 1.29 is 8.42 Å². The highest BCUT2D eigenvalue weighted by Gasteiger charge is 2.08. The summed E-state index contributed by atoms with van der Waals surface area (Å²) in [5.41, 5.74) is 0. The highest BCUT2D eigenvalue weighted by Crippen LogP contribution is 1.99. The second kappa shape index (κ2) is 8.36. The maximum atomic E-state index is 11.2. The van der Waals surface area contributed by atoms with Crippen molar-refractivity contribution >= 4 is 21.4 Å². The molecule has 0 saturated heterocycles. The Hall–Kier alpha value is 0.200. The van der Waals surface area contributed by atoms with Crippen molar-refractivity contribution in [2.45, 2.75) is 26.2 Å². The zero-order chi connectivity index (χ0) is 11.7. The highest BCUT2D eigenvalue weighted by atomic mass is 35.5. The molecule has 0 aliphatic carbocycles. The number of unbranched alkanes of at least 4 members (excludes halogenated alkanes) is 2. The Kier molecular flexibility index (Phi) is 8.47. The summed E-state index contributed by atoms with van der Waals surface area (Å²) in [4.78, 5) is 2.07. The third-order valence-electron chi connectivity index (χ3n) is 2.40. The molecule has 0 heterocycles. The fourth-order valence-electron chi connectivity index (χ4n) is 1.20. The lowest BCUT2D eigenvalue weighted by molar-refractivity contribution is 0.343. The van der Waals surface area contributed by atoms with E-state index in [1.165, 1.54) is 0 Å². The predicted molar refractivity (Wildman–Crippen MR) is 66.4 cm³/mol. The van der Waals surface area contributed by atoms with E-state index in [1.54, 1.807) is 6.92 Å². The van der Waals surface area contributed by atoms with Crippen LogP contribution < -0.4 is 0 Å². The Bertz CT molecular complexity index is 242. The van der Waals surface area contributed by atoms with E-state index in [1.807, 2.05) is 7.05 Å². The van der Waals surface area contributed by atoms with Crippen molar-refractivity contribution in [3.05, 3.63) is 0 Å². The first kappa shape index (κ1) is 15.2. The molecule has 0 aliphatic heterocycles. The van der Waals surface area contributed by atoms with Crippen molar-refractivity contribution in [3.63, 3.8) is 0 Å². The Morgan fingerprint density at radius 2 is 1.80 bits per heavy atom. The number of alkyl halides is 1. The number of hydrogen-bond donors (Lipinski definition) is 0. The third kappa shape index (κ3) is 9.15. The quantitative estimate of drug-likeness (QED) is 0.466. The lowest BCUT2D eigenvalue weighted by atomic mass is 10.2. The van der Waals surface area contributed by atoms with E-state index in [9.17, 15) is 8.42 Å². The fraction of sp³-hybridized carbons (Fsp3) is 1.00. The van der Waals surface area contributed by atoms with Gasteiger partial charge in [0.15, 0.2) is 9.84 Å². The average Bonchev–Trinajstić information content (AvgIpc) is 2.22. The van der Waals surface area contributed by atoms with Crippen LogP contribution in [0.1, 0.15) is 26.2 Å². The molecule has 15 heavy (non-hydrogen) atoms. The summed E-state index contributed by atoms with van der Waals surface area (Å²) in [6.45, 7) is 3.28. The van der Waals surface area contributed by atoms with Gasteiger partial charge in [0.25, 0.3) is 0 Å². The number of halogens is 1. The molecule has 0 saturated carbocycles. The molecule has 3 nitrogen and oxygen atoms in total. The molecule has 0 fully saturated rings. The normalized spacial score (nSPS) is 12.3. The van der Waals surface area contributed by atoms with Gasteiger partial charge in [0.05, 0.1) is 5.75 Å². The molecule has 0 aliphatic rings. The van der Waals surface area contributed by atoms with Crippen LogP contribution in [-0.2, 0) is 9.84 Å². The zero-order valence-corrected chi connectivity index (χ0v) is 11.3. The molecule has 0 N–H and O–H groups in total. The Labute approximate surface area is 98.7 Å². The standard InChI is InChI=1S/C10H22ClNO2S/c1-3-15(13,14)10-9-12(2)8-6-4-5-7-11/h3-10H2,1-2H3. The van der Waals surface area contributed by atoms with Gasteiger partial charge in [-0.15, -0.1) is 11.6 Å². The minimum absolute atomic E-state index is 0.243. The molecule has 0 rings (SSSR count). The summed E-state index contributed by atoms with van der Waals surface area (Å²) in [7, 11) is -0.848. The summed E-state index contributed by atoms with van der Waals surface area (Å²) < 4.78 is 22.5.